The van der Waals surface area contributed by atoms with E-state index in [2.05, 4.69) is 17.2 Å². The van der Waals surface area contributed by atoms with Gasteiger partial charge in [0.15, 0.2) is 5.96 Å². The zero-order valence-electron chi connectivity index (χ0n) is 10.5. The molecular formula is C14H15Cl2N3. The van der Waals surface area contributed by atoms with Crippen LogP contribution in [0, 0.1) is 5.92 Å². The Kier molecular flexibility index (Phi) is 4.51. The van der Waals surface area contributed by atoms with Crippen LogP contribution in [0.2, 0.25) is 5.02 Å². The number of aliphatic imine (C=N–C) groups is 1. The van der Waals surface area contributed by atoms with Crippen LogP contribution in [0.4, 0.5) is 5.69 Å². The third kappa shape index (κ3) is 4.30. The fraction of sp³-hybridized carbons (Fsp3) is 0.214. The molecule has 0 spiro atoms. The van der Waals surface area contributed by atoms with Crippen molar-refractivity contribution in [3.05, 3.63) is 52.2 Å². The van der Waals surface area contributed by atoms with Crippen molar-refractivity contribution < 1.29 is 0 Å². The Labute approximate surface area is 122 Å². The summed E-state index contributed by atoms with van der Waals surface area (Å²) in [6.07, 6.45) is 4.73. The molecule has 0 aromatic heterocycles. The quantitative estimate of drug-likeness (QED) is 0.637. The van der Waals surface area contributed by atoms with E-state index < -0.39 is 0 Å². The zero-order chi connectivity index (χ0) is 13.8. The van der Waals surface area contributed by atoms with Crippen LogP contribution in [0.1, 0.15) is 13.3 Å². The minimum atomic E-state index is 0.323. The van der Waals surface area contributed by atoms with Gasteiger partial charge >= 0.3 is 0 Å². The molecule has 0 heterocycles. The lowest BCUT2D eigenvalue weighted by Gasteiger charge is -2.13. The molecule has 0 radical (unpaired) electrons. The Bertz CT molecular complexity index is 544. The van der Waals surface area contributed by atoms with Crippen molar-refractivity contribution in [3.63, 3.8) is 0 Å². The largest absolute Gasteiger partial charge is 0.369 e. The summed E-state index contributed by atoms with van der Waals surface area (Å²) in [5, 5.41) is 4.48. The first-order chi connectivity index (χ1) is 9.02. The molecule has 2 rings (SSSR count). The smallest absolute Gasteiger partial charge is 0.198 e. The summed E-state index contributed by atoms with van der Waals surface area (Å²) in [7, 11) is 0. The van der Waals surface area contributed by atoms with Crippen LogP contribution in [-0.4, -0.2) is 5.96 Å². The Morgan fingerprint density at radius 1 is 1.32 bits per heavy atom. The maximum Gasteiger partial charge on any atom is 0.198 e. The number of benzene rings is 1. The van der Waals surface area contributed by atoms with E-state index in [1.165, 1.54) is 0 Å². The van der Waals surface area contributed by atoms with Gasteiger partial charge in [0, 0.05) is 15.7 Å². The molecule has 100 valence electrons. The molecule has 1 aliphatic rings. The average molecular weight is 296 g/mol. The fourth-order valence-electron chi connectivity index (χ4n) is 1.84. The topological polar surface area (TPSA) is 50.4 Å². The van der Waals surface area contributed by atoms with Gasteiger partial charge in [-0.15, -0.1) is 0 Å². The molecule has 0 amide bonds. The Morgan fingerprint density at radius 3 is 2.63 bits per heavy atom. The van der Waals surface area contributed by atoms with Gasteiger partial charge in [-0.1, -0.05) is 36.2 Å². The van der Waals surface area contributed by atoms with Crippen LogP contribution in [0.15, 0.2) is 52.1 Å². The molecule has 0 saturated carbocycles. The molecule has 19 heavy (non-hydrogen) atoms. The predicted molar refractivity (Wildman–Crippen MR) is 82.5 cm³/mol. The second-order valence-electron chi connectivity index (χ2n) is 4.49. The minimum absolute atomic E-state index is 0.323. The van der Waals surface area contributed by atoms with Gasteiger partial charge in [-0.05, 0) is 42.7 Å². The maximum absolute atomic E-state index is 6.04. The number of nitrogens with zero attached hydrogens (tertiary/aromatic N) is 1. The molecule has 0 saturated heterocycles. The van der Waals surface area contributed by atoms with Crippen molar-refractivity contribution in [1.29, 1.82) is 0 Å². The molecule has 1 aromatic carbocycles. The van der Waals surface area contributed by atoms with E-state index in [9.17, 15) is 0 Å². The van der Waals surface area contributed by atoms with Gasteiger partial charge in [-0.25, -0.2) is 4.99 Å². The number of hydrogen-bond donors (Lipinski definition) is 2. The number of guanidine groups is 1. The molecule has 1 aliphatic carbocycles. The molecule has 3 N–H and O–H groups in total. The number of halogens is 2. The highest BCUT2D eigenvalue weighted by Gasteiger charge is 2.09. The Hall–Kier alpha value is -1.45. The second kappa shape index (κ2) is 6.13. The van der Waals surface area contributed by atoms with E-state index in [0.29, 0.717) is 16.9 Å². The number of nitrogens with two attached hydrogens (primary N) is 1. The first kappa shape index (κ1) is 14.0. The highest BCUT2D eigenvalue weighted by atomic mass is 35.5. The second-order valence-corrected chi connectivity index (χ2v) is 5.41. The van der Waals surface area contributed by atoms with Gasteiger partial charge < -0.3 is 11.1 Å². The molecule has 1 unspecified atom stereocenters. The third-order valence-corrected chi connectivity index (χ3v) is 3.16. The number of anilines is 1. The Balaban J connectivity index is 2.09. The summed E-state index contributed by atoms with van der Waals surface area (Å²) >= 11 is 11.9. The number of hydrogen-bond acceptors (Lipinski definition) is 1. The van der Waals surface area contributed by atoms with Crippen molar-refractivity contribution in [2.75, 3.05) is 5.32 Å². The van der Waals surface area contributed by atoms with Gasteiger partial charge in [0.2, 0.25) is 0 Å². The zero-order valence-corrected chi connectivity index (χ0v) is 12.0. The van der Waals surface area contributed by atoms with Gasteiger partial charge in [0.05, 0.1) is 5.70 Å². The van der Waals surface area contributed by atoms with E-state index in [-0.39, 0.29) is 0 Å². The normalized spacial score (nSPS) is 19.7. The van der Waals surface area contributed by atoms with Crippen molar-refractivity contribution in [3.8, 4) is 0 Å². The lowest BCUT2D eigenvalue weighted by atomic mass is 10.0. The standard InChI is InChI=1S/C14H15Cl2N3/c1-9-6-11(16)8-13(7-9)19-14(17)18-12-4-2-10(15)3-5-12/h2-5,7-9H,6H2,1H3,(H3,17,18,19). The van der Waals surface area contributed by atoms with E-state index in [0.717, 1.165) is 22.8 Å². The van der Waals surface area contributed by atoms with E-state index >= 15 is 0 Å². The lowest BCUT2D eigenvalue weighted by Crippen LogP contribution is -2.22. The van der Waals surface area contributed by atoms with E-state index in [4.69, 9.17) is 28.9 Å². The summed E-state index contributed by atoms with van der Waals surface area (Å²) in [4.78, 5) is 4.31. The SMILES string of the molecule is CC1C=C(N=C(N)Nc2ccc(Cl)cc2)C=C(Cl)C1. The van der Waals surface area contributed by atoms with Gasteiger partial charge in [-0.3, -0.25) is 0 Å². The molecular weight excluding hydrogens is 281 g/mol. The van der Waals surface area contributed by atoms with Crippen LogP contribution in [0.25, 0.3) is 0 Å². The first-order valence-electron chi connectivity index (χ1n) is 5.97. The van der Waals surface area contributed by atoms with Crippen molar-refractivity contribution in [2.45, 2.75) is 13.3 Å². The minimum Gasteiger partial charge on any atom is -0.369 e. The van der Waals surface area contributed by atoms with Crippen molar-refractivity contribution in [2.24, 2.45) is 16.6 Å². The lowest BCUT2D eigenvalue weighted by molar-refractivity contribution is 0.719. The molecule has 1 atom stereocenters. The van der Waals surface area contributed by atoms with Crippen LogP contribution in [0.3, 0.4) is 0 Å². The number of allylic oxidation sites excluding steroid dienone is 3. The van der Waals surface area contributed by atoms with Crippen molar-refractivity contribution >= 4 is 34.8 Å². The highest BCUT2D eigenvalue weighted by Crippen LogP contribution is 2.25. The van der Waals surface area contributed by atoms with Crippen LogP contribution in [-0.2, 0) is 0 Å². The molecule has 0 bridgehead atoms. The number of rotatable bonds is 2. The molecule has 5 heteroatoms. The summed E-state index contributed by atoms with van der Waals surface area (Å²) in [5.74, 6) is 0.697. The van der Waals surface area contributed by atoms with Crippen LogP contribution in [0.5, 0.6) is 0 Å². The van der Waals surface area contributed by atoms with Crippen LogP contribution >= 0.6 is 23.2 Å². The predicted octanol–water partition coefficient (Wildman–Crippen LogP) is 4.11. The van der Waals surface area contributed by atoms with Crippen LogP contribution < -0.4 is 11.1 Å². The van der Waals surface area contributed by atoms with Gasteiger partial charge in [-0.2, -0.15) is 0 Å². The summed E-state index contributed by atoms with van der Waals surface area (Å²) < 4.78 is 0. The van der Waals surface area contributed by atoms with E-state index in [1.54, 1.807) is 12.1 Å². The van der Waals surface area contributed by atoms with Gasteiger partial charge in [0.1, 0.15) is 0 Å². The highest BCUT2D eigenvalue weighted by molar-refractivity contribution is 6.30. The monoisotopic (exact) mass is 295 g/mol. The molecule has 0 fully saturated rings. The summed E-state index contributed by atoms with van der Waals surface area (Å²) in [5.41, 5.74) is 7.48. The maximum atomic E-state index is 6.04. The molecule has 0 aliphatic heterocycles. The fourth-order valence-corrected chi connectivity index (χ4v) is 2.32. The molecule has 3 nitrogen and oxygen atoms in total. The first-order valence-corrected chi connectivity index (χ1v) is 6.73. The Morgan fingerprint density at radius 2 is 2.00 bits per heavy atom. The van der Waals surface area contributed by atoms with Gasteiger partial charge in [0.25, 0.3) is 0 Å². The molecule has 1 aromatic rings. The summed E-state index contributed by atoms with van der Waals surface area (Å²) in [6, 6.07) is 7.25. The summed E-state index contributed by atoms with van der Waals surface area (Å²) in [6.45, 7) is 2.09. The number of nitrogens with one attached hydrogen (secondary N) is 1. The van der Waals surface area contributed by atoms with Crippen molar-refractivity contribution in [1.82, 2.24) is 0 Å². The third-order valence-electron chi connectivity index (χ3n) is 2.64. The van der Waals surface area contributed by atoms with E-state index in [1.807, 2.05) is 24.3 Å². The average Bonchev–Trinajstić information content (AvgIpc) is 2.30.